The first-order chi connectivity index (χ1) is 12.5. The smallest absolute Gasteiger partial charge is 0.169 e. The van der Waals surface area contributed by atoms with Crippen LogP contribution in [0.2, 0.25) is 0 Å². The van der Waals surface area contributed by atoms with Crippen molar-refractivity contribution in [3.05, 3.63) is 48.5 Å². The molecule has 0 amide bonds. The van der Waals surface area contributed by atoms with E-state index >= 15 is 0 Å². The number of hydrogen-bond acceptors (Lipinski definition) is 6. The van der Waals surface area contributed by atoms with Gasteiger partial charge in [-0.1, -0.05) is 20.8 Å². The lowest BCUT2D eigenvalue weighted by Gasteiger charge is -2.17. The second-order valence-electron chi connectivity index (χ2n) is 7.52. The zero-order chi connectivity index (χ0) is 18.1. The first-order valence-corrected chi connectivity index (χ1v) is 8.77. The van der Waals surface area contributed by atoms with Gasteiger partial charge in [-0.3, -0.25) is 4.68 Å². The van der Waals surface area contributed by atoms with Crippen molar-refractivity contribution in [3.8, 4) is 11.5 Å². The lowest BCUT2D eigenvalue weighted by molar-refractivity contribution is 0.452. The molecule has 1 aliphatic carbocycles. The van der Waals surface area contributed by atoms with Crippen LogP contribution in [0.3, 0.4) is 0 Å². The Hall–Kier alpha value is -2.96. The molecule has 0 atom stereocenters. The highest BCUT2D eigenvalue weighted by Gasteiger charge is 2.30. The number of aromatic nitrogens is 5. The average Bonchev–Trinajstić information content (AvgIpc) is 3.36. The average molecular weight is 350 g/mol. The molecule has 7 nitrogen and oxygen atoms in total. The molecule has 1 N–H and O–H groups in total. The van der Waals surface area contributed by atoms with Crippen LogP contribution in [0.25, 0.3) is 0 Å². The van der Waals surface area contributed by atoms with E-state index in [1.165, 1.54) is 12.8 Å². The molecule has 0 aromatic carbocycles. The number of ether oxygens (including phenoxy) is 1. The summed E-state index contributed by atoms with van der Waals surface area (Å²) in [7, 11) is 0. The molecule has 3 aromatic heterocycles. The van der Waals surface area contributed by atoms with Crippen molar-refractivity contribution in [2.75, 3.05) is 5.32 Å². The molecule has 1 aliphatic rings. The van der Waals surface area contributed by atoms with E-state index < -0.39 is 0 Å². The Morgan fingerprint density at radius 3 is 2.69 bits per heavy atom. The maximum Gasteiger partial charge on any atom is 0.169 e. The predicted molar refractivity (Wildman–Crippen MR) is 98.8 cm³/mol. The largest absolute Gasteiger partial charge is 0.454 e. The van der Waals surface area contributed by atoms with Gasteiger partial charge in [-0.05, 0) is 31.0 Å². The molecule has 0 radical (unpaired) electrons. The summed E-state index contributed by atoms with van der Waals surface area (Å²) in [5, 5.41) is 15.8. The van der Waals surface area contributed by atoms with Gasteiger partial charge >= 0.3 is 0 Å². The minimum absolute atomic E-state index is 0.0940. The van der Waals surface area contributed by atoms with Crippen LogP contribution >= 0.6 is 0 Å². The fraction of sp³-hybridized carbons (Fsp3) is 0.368. The van der Waals surface area contributed by atoms with Gasteiger partial charge in [-0.25, -0.2) is 4.98 Å². The summed E-state index contributed by atoms with van der Waals surface area (Å²) in [6.45, 7) is 6.44. The Bertz CT molecular complexity index is 896. The zero-order valence-electron chi connectivity index (χ0n) is 15.2. The molecule has 1 fully saturated rings. The normalized spacial score (nSPS) is 14.3. The third-order valence-corrected chi connectivity index (χ3v) is 4.12. The highest BCUT2D eigenvalue weighted by Crippen LogP contribution is 2.39. The van der Waals surface area contributed by atoms with Crippen molar-refractivity contribution in [1.29, 1.82) is 0 Å². The third-order valence-electron chi connectivity index (χ3n) is 4.12. The molecule has 0 bridgehead atoms. The summed E-state index contributed by atoms with van der Waals surface area (Å²) in [6, 6.07) is 7.84. The van der Waals surface area contributed by atoms with Gasteiger partial charge < -0.3 is 10.1 Å². The highest BCUT2D eigenvalue weighted by molar-refractivity contribution is 5.53. The van der Waals surface area contributed by atoms with E-state index in [-0.39, 0.29) is 5.41 Å². The van der Waals surface area contributed by atoms with Gasteiger partial charge in [0.2, 0.25) is 0 Å². The highest BCUT2D eigenvalue weighted by atomic mass is 16.5. The Kier molecular flexibility index (Phi) is 4.06. The Morgan fingerprint density at radius 1 is 1.15 bits per heavy atom. The molecule has 0 aliphatic heterocycles. The summed E-state index contributed by atoms with van der Waals surface area (Å²) in [5.74, 6) is 2.78. The van der Waals surface area contributed by atoms with E-state index in [2.05, 4.69) is 41.3 Å². The summed E-state index contributed by atoms with van der Waals surface area (Å²) >= 11 is 0. The molecular formula is C19H22N6O. The monoisotopic (exact) mass is 350 g/mol. The topological polar surface area (TPSA) is 77.8 Å². The molecule has 0 saturated heterocycles. The van der Waals surface area contributed by atoms with Gasteiger partial charge in [0.15, 0.2) is 11.6 Å². The quantitative estimate of drug-likeness (QED) is 0.742. The van der Waals surface area contributed by atoms with Crippen molar-refractivity contribution in [2.24, 2.45) is 0 Å². The first-order valence-electron chi connectivity index (χ1n) is 8.77. The van der Waals surface area contributed by atoms with Crippen LogP contribution in [0.4, 0.5) is 11.6 Å². The molecule has 134 valence electrons. The van der Waals surface area contributed by atoms with Crippen LogP contribution in [0.1, 0.15) is 45.3 Å². The molecule has 4 rings (SSSR count). The number of hydrogen-bond donors (Lipinski definition) is 1. The maximum absolute atomic E-state index is 6.17. The Balaban J connectivity index is 1.58. The van der Waals surface area contributed by atoms with Crippen molar-refractivity contribution < 1.29 is 4.74 Å². The molecule has 3 aromatic rings. The Morgan fingerprint density at radius 2 is 2.00 bits per heavy atom. The lowest BCUT2D eigenvalue weighted by atomic mass is 9.92. The standard InChI is InChI=1S/C19H22N6O/c1-19(2,3)18-15(12-25(24-18)13-6-7-13)26-14-8-10-20-17(11-14)22-16-5-4-9-21-23-16/h4-5,8-13H,6-7H2,1-3H3,(H,20,22,23). The van der Waals surface area contributed by atoms with E-state index in [9.17, 15) is 0 Å². The van der Waals surface area contributed by atoms with Crippen LogP contribution in [0, 0.1) is 0 Å². The summed E-state index contributed by atoms with van der Waals surface area (Å²) in [5.41, 5.74) is 0.869. The molecule has 26 heavy (non-hydrogen) atoms. The number of rotatable bonds is 5. The lowest BCUT2D eigenvalue weighted by Crippen LogP contribution is -2.13. The van der Waals surface area contributed by atoms with E-state index in [0.29, 0.717) is 23.4 Å². The fourth-order valence-electron chi connectivity index (χ4n) is 2.66. The number of pyridine rings is 1. The van der Waals surface area contributed by atoms with Crippen LogP contribution < -0.4 is 10.1 Å². The second-order valence-corrected chi connectivity index (χ2v) is 7.52. The first kappa shape index (κ1) is 16.5. The minimum atomic E-state index is -0.0940. The predicted octanol–water partition coefficient (Wildman–Crippen LogP) is 4.24. The van der Waals surface area contributed by atoms with Gasteiger partial charge in [0.1, 0.15) is 17.3 Å². The van der Waals surface area contributed by atoms with Crippen LogP contribution in [0.5, 0.6) is 11.5 Å². The van der Waals surface area contributed by atoms with Crippen molar-refractivity contribution in [1.82, 2.24) is 25.0 Å². The molecule has 1 saturated carbocycles. The molecule has 0 spiro atoms. The van der Waals surface area contributed by atoms with Crippen LogP contribution in [-0.2, 0) is 5.41 Å². The van der Waals surface area contributed by atoms with Crippen LogP contribution in [-0.4, -0.2) is 25.0 Å². The number of anilines is 2. The Labute approximate surface area is 152 Å². The van der Waals surface area contributed by atoms with Crippen molar-refractivity contribution >= 4 is 11.6 Å². The molecular weight excluding hydrogens is 328 g/mol. The summed E-state index contributed by atoms with van der Waals surface area (Å²) in [6.07, 6.45) is 7.71. The zero-order valence-corrected chi connectivity index (χ0v) is 15.2. The van der Waals surface area contributed by atoms with Gasteiger partial charge in [0.25, 0.3) is 0 Å². The van der Waals surface area contributed by atoms with Gasteiger partial charge in [-0.2, -0.15) is 10.2 Å². The number of nitrogens with one attached hydrogen (secondary N) is 1. The maximum atomic E-state index is 6.17. The second kappa shape index (κ2) is 6.40. The van der Waals surface area contributed by atoms with E-state index in [1.807, 2.05) is 35.1 Å². The molecule has 3 heterocycles. The fourth-order valence-corrected chi connectivity index (χ4v) is 2.66. The van der Waals surface area contributed by atoms with E-state index in [4.69, 9.17) is 9.84 Å². The van der Waals surface area contributed by atoms with Gasteiger partial charge in [0.05, 0.1) is 12.2 Å². The summed E-state index contributed by atoms with van der Waals surface area (Å²) in [4.78, 5) is 4.31. The SMILES string of the molecule is CC(C)(C)c1nn(C2CC2)cc1Oc1ccnc(Nc2cccnn2)c1. The van der Waals surface area contributed by atoms with Crippen LogP contribution in [0.15, 0.2) is 42.9 Å². The minimum Gasteiger partial charge on any atom is -0.454 e. The van der Waals surface area contributed by atoms with Gasteiger partial charge in [0, 0.05) is 23.9 Å². The van der Waals surface area contributed by atoms with E-state index in [0.717, 1.165) is 11.4 Å². The summed E-state index contributed by atoms with van der Waals surface area (Å²) < 4.78 is 8.21. The van der Waals surface area contributed by atoms with E-state index in [1.54, 1.807) is 12.4 Å². The van der Waals surface area contributed by atoms with Crippen molar-refractivity contribution in [2.45, 2.75) is 45.1 Å². The molecule has 0 unspecified atom stereocenters. The van der Waals surface area contributed by atoms with Crippen molar-refractivity contribution in [3.63, 3.8) is 0 Å². The third kappa shape index (κ3) is 3.66. The number of nitrogens with zero attached hydrogens (tertiary/aromatic N) is 5. The molecule has 7 heteroatoms. The van der Waals surface area contributed by atoms with Gasteiger partial charge in [-0.15, -0.1) is 5.10 Å².